The highest BCUT2D eigenvalue weighted by molar-refractivity contribution is 5.03. The van der Waals surface area contributed by atoms with Gasteiger partial charge in [-0.3, -0.25) is 0 Å². The molecule has 1 aliphatic carbocycles. The summed E-state index contributed by atoms with van der Waals surface area (Å²) in [7, 11) is 0. The molecule has 82 valence electrons. The van der Waals surface area contributed by atoms with Crippen LogP contribution in [-0.2, 0) is 0 Å². The van der Waals surface area contributed by atoms with Gasteiger partial charge in [0.1, 0.15) is 0 Å². The molecule has 14 heavy (non-hydrogen) atoms. The Morgan fingerprint density at radius 1 is 1.07 bits per heavy atom. The number of nitrogens with one attached hydrogen (secondary N) is 1. The number of hydrogen-bond acceptors (Lipinski definition) is 1. The van der Waals surface area contributed by atoms with E-state index < -0.39 is 11.6 Å². The molecule has 1 saturated heterocycles. The van der Waals surface area contributed by atoms with Gasteiger partial charge in [0, 0.05) is 6.04 Å². The molecule has 1 atom stereocenters. The van der Waals surface area contributed by atoms with Crippen molar-refractivity contribution in [1.29, 1.82) is 0 Å². The average molecular weight is 207 g/mol. The van der Waals surface area contributed by atoms with Crippen LogP contribution in [0.5, 0.6) is 0 Å². The second kappa shape index (κ2) is 3.40. The van der Waals surface area contributed by atoms with Crippen LogP contribution >= 0.6 is 0 Å². The summed E-state index contributed by atoms with van der Waals surface area (Å²) in [6.07, 6.45) is 0.0275. The minimum atomic E-state index is -4.01. The van der Waals surface area contributed by atoms with Crippen molar-refractivity contribution in [3.8, 4) is 0 Å². The van der Waals surface area contributed by atoms with Crippen molar-refractivity contribution >= 4 is 0 Å². The summed E-state index contributed by atoms with van der Waals surface area (Å²) in [5.74, 6) is 0. The summed E-state index contributed by atoms with van der Waals surface area (Å²) in [4.78, 5) is 0. The summed E-state index contributed by atoms with van der Waals surface area (Å²) in [6, 6.07) is -0.315. The first-order valence-corrected chi connectivity index (χ1v) is 5.36. The monoisotopic (exact) mass is 207 g/mol. The number of halogens is 3. The van der Waals surface area contributed by atoms with E-state index in [-0.39, 0.29) is 6.04 Å². The van der Waals surface area contributed by atoms with E-state index in [9.17, 15) is 13.2 Å². The van der Waals surface area contributed by atoms with E-state index in [0.717, 1.165) is 25.8 Å². The molecule has 1 N–H and O–H groups in total. The van der Waals surface area contributed by atoms with E-state index in [1.807, 2.05) is 0 Å². The van der Waals surface area contributed by atoms with Crippen LogP contribution in [0.15, 0.2) is 0 Å². The molecule has 1 unspecified atom stereocenters. The average Bonchev–Trinajstić information content (AvgIpc) is 2.01. The predicted molar refractivity (Wildman–Crippen MR) is 48.0 cm³/mol. The molecule has 2 aliphatic rings. The highest BCUT2D eigenvalue weighted by Gasteiger charge is 2.62. The van der Waals surface area contributed by atoms with E-state index in [1.165, 1.54) is 0 Å². The van der Waals surface area contributed by atoms with Crippen molar-refractivity contribution in [2.24, 2.45) is 5.41 Å². The lowest BCUT2D eigenvalue weighted by molar-refractivity contribution is -0.263. The maximum atomic E-state index is 12.9. The van der Waals surface area contributed by atoms with Crippen molar-refractivity contribution in [2.45, 2.75) is 50.7 Å². The van der Waals surface area contributed by atoms with Gasteiger partial charge in [0.25, 0.3) is 0 Å². The third-order valence-corrected chi connectivity index (χ3v) is 3.79. The van der Waals surface area contributed by atoms with E-state index in [2.05, 4.69) is 5.32 Å². The van der Waals surface area contributed by atoms with Crippen molar-refractivity contribution in [2.75, 3.05) is 6.54 Å². The topological polar surface area (TPSA) is 12.0 Å². The van der Waals surface area contributed by atoms with Crippen LogP contribution in [0.25, 0.3) is 0 Å². The van der Waals surface area contributed by atoms with E-state index >= 15 is 0 Å². The van der Waals surface area contributed by atoms with Crippen LogP contribution in [0.2, 0.25) is 0 Å². The minimum absolute atomic E-state index is 0.315. The number of hydrogen-bond donors (Lipinski definition) is 1. The lowest BCUT2D eigenvalue weighted by atomic mass is 9.62. The number of piperidine rings is 1. The van der Waals surface area contributed by atoms with Gasteiger partial charge in [-0.1, -0.05) is 12.8 Å². The fourth-order valence-corrected chi connectivity index (χ4v) is 2.71. The first-order chi connectivity index (χ1) is 6.56. The fraction of sp³-hybridized carbons (Fsp3) is 1.00. The van der Waals surface area contributed by atoms with Gasteiger partial charge < -0.3 is 5.32 Å². The molecule has 1 nitrogen and oxygen atoms in total. The van der Waals surface area contributed by atoms with Gasteiger partial charge in [-0.25, -0.2) is 0 Å². The van der Waals surface area contributed by atoms with Gasteiger partial charge in [0.2, 0.25) is 0 Å². The molecule has 0 aromatic carbocycles. The molecule has 2 rings (SSSR count). The van der Waals surface area contributed by atoms with E-state index in [4.69, 9.17) is 0 Å². The van der Waals surface area contributed by atoms with Crippen molar-refractivity contribution in [3.05, 3.63) is 0 Å². The molecule has 0 radical (unpaired) electrons. The molecule has 1 saturated carbocycles. The molecule has 0 aromatic rings. The SMILES string of the molecule is FC(F)(F)C1(C2CCCCN2)CCC1. The van der Waals surface area contributed by atoms with Gasteiger partial charge >= 0.3 is 6.18 Å². The van der Waals surface area contributed by atoms with Gasteiger partial charge in [0.05, 0.1) is 5.41 Å². The summed E-state index contributed by atoms with van der Waals surface area (Å²) >= 11 is 0. The number of rotatable bonds is 1. The Kier molecular flexibility index (Phi) is 2.50. The molecule has 0 amide bonds. The van der Waals surface area contributed by atoms with Crippen LogP contribution in [-0.4, -0.2) is 18.8 Å². The Hall–Kier alpha value is -0.250. The molecule has 1 heterocycles. The van der Waals surface area contributed by atoms with E-state index in [1.54, 1.807) is 0 Å². The molecule has 0 aromatic heterocycles. The van der Waals surface area contributed by atoms with Crippen LogP contribution in [0.3, 0.4) is 0 Å². The lowest BCUT2D eigenvalue weighted by Gasteiger charge is -2.50. The quantitative estimate of drug-likeness (QED) is 0.697. The molecule has 0 spiro atoms. The highest BCUT2D eigenvalue weighted by Crippen LogP contribution is 2.56. The molecule has 0 bridgehead atoms. The summed E-state index contributed by atoms with van der Waals surface area (Å²) < 4.78 is 38.7. The zero-order chi connectivity index (χ0) is 10.2. The molecular weight excluding hydrogens is 191 g/mol. The maximum absolute atomic E-state index is 12.9. The third-order valence-electron chi connectivity index (χ3n) is 3.79. The van der Waals surface area contributed by atoms with Gasteiger partial charge in [-0.2, -0.15) is 13.2 Å². The largest absolute Gasteiger partial charge is 0.395 e. The summed E-state index contributed by atoms with van der Waals surface area (Å²) in [5.41, 5.74) is -1.38. The summed E-state index contributed by atoms with van der Waals surface area (Å²) in [5, 5.41) is 3.05. The first-order valence-electron chi connectivity index (χ1n) is 5.36. The van der Waals surface area contributed by atoms with Crippen LogP contribution in [0.1, 0.15) is 38.5 Å². The van der Waals surface area contributed by atoms with Crippen LogP contribution in [0.4, 0.5) is 13.2 Å². The zero-order valence-corrected chi connectivity index (χ0v) is 8.16. The first kappa shape index (κ1) is 10.3. The number of alkyl halides is 3. The second-order valence-electron chi connectivity index (χ2n) is 4.51. The van der Waals surface area contributed by atoms with Crippen LogP contribution < -0.4 is 5.32 Å². The van der Waals surface area contributed by atoms with Crippen LogP contribution in [0, 0.1) is 5.41 Å². The predicted octanol–water partition coefficient (Wildman–Crippen LogP) is 2.86. The Labute approximate surface area is 82.1 Å². The van der Waals surface area contributed by atoms with Gasteiger partial charge in [-0.15, -0.1) is 0 Å². The minimum Gasteiger partial charge on any atom is -0.313 e. The molecule has 2 fully saturated rings. The maximum Gasteiger partial charge on any atom is 0.395 e. The Balaban J connectivity index is 2.11. The molecule has 4 heteroatoms. The van der Waals surface area contributed by atoms with Crippen molar-refractivity contribution < 1.29 is 13.2 Å². The third kappa shape index (κ3) is 1.44. The Bertz CT molecular complexity index is 202. The molecular formula is C10H16F3N. The zero-order valence-electron chi connectivity index (χ0n) is 8.16. The summed E-state index contributed by atoms with van der Waals surface area (Å²) in [6.45, 7) is 0.752. The molecule has 1 aliphatic heterocycles. The van der Waals surface area contributed by atoms with Crippen molar-refractivity contribution in [1.82, 2.24) is 5.32 Å². The Morgan fingerprint density at radius 3 is 2.14 bits per heavy atom. The van der Waals surface area contributed by atoms with Crippen molar-refractivity contribution in [3.63, 3.8) is 0 Å². The Morgan fingerprint density at radius 2 is 1.79 bits per heavy atom. The lowest BCUT2D eigenvalue weighted by Crippen LogP contribution is -2.58. The highest BCUT2D eigenvalue weighted by atomic mass is 19.4. The normalized spacial score (nSPS) is 32.4. The van der Waals surface area contributed by atoms with Gasteiger partial charge in [-0.05, 0) is 32.2 Å². The smallest absolute Gasteiger partial charge is 0.313 e. The van der Waals surface area contributed by atoms with Gasteiger partial charge in [0.15, 0.2) is 0 Å². The van der Waals surface area contributed by atoms with E-state index in [0.29, 0.717) is 19.3 Å². The standard InChI is InChI=1S/C10H16F3N/c11-10(12,13)9(5-3-6-9)8-4-1-2-7-14-8/h8,14H,1-7H2. The fourth-order valence-electron chi connectivity index (χ4n) is 2.71. The second-order valence-corrected chi connectivity index (χ2v) is 4.51.